The van der Waals surface area contributed by atoms with Crippen molar-refractivity contribution in [3.63, 3.8) is 0 Å². The molecule has 0 saturated carbocycles. The molecule has 0 bridgehead atoms. The summed E-state index contributed by atoms with van der Waals surface area (Å²) in [7, 11) is 2.99. The van der Waals surface area contributed by atoms with E-state index < -0.39 is 11.9 Å². The van der Waals surface area contributed by atoms with Gasteiger partial charge in [-0.2, -0.15) is 5.10 Å². The van der Waals surface area contributed by atoms with Crippen molar-refractivity contribution in [2.75, 3.05) is 14.2 Å². The van der Waals surface area contributed by atoms with Crippen LogP contribution in [-0.4, -0.2) is 37.4 Å². The second kappa shape index (κ2) is 10.5. The van der Waals surface area contributed by atoms with Crippen LogP contribution in [0.15, 0.2) is 70.2 Å². The van der Waals surface area contributed by atoms with E-state index in [-0.39, 0.29) is 11.3 Å². The minimum absolute atomic E-state index is 0.0916. The molecule has 0 fully saturated rings. The predicted octanol–water partition coefficient (Wildman–Crippen LogP) is 4.16. The third kappa shape index (κ3) is 5.64. The largest absolute Gasteiger partial charge is 0.507 e. The Morgan fingerprint density at radius 3 is 2.38 bits per heavy atom. The van der Waals surface area contributed by atoms with Crippen molar-refractivity contribution in [3.8, 4) is 23.0 Å². The zero-order valence-corrected chi connectivity index (χ0v) is 18.8. The number of benzene rings is 3. The normalized spacial score (nSPS) is 10.6. The number of aromatic hydroxyl groups is 1. The molecule has 3 aromatic carbocycles. The summed E-state index contributed by atoms with van der Waals surface area (Å²) in [5.74, 6) is 0.0159. The van der Waals surface area contributed by atoms with Gasteiger partial charge in [-0.25, -0.2) is 10.2 Å². The molecular formula is C23H19BrN2O6. The van der Waals surface area contributed by atoms with Crippen molar-refractivity contribution in [2.24, 2.45) is 5.10 Å². The molecule has 164 valence electrons. The first-order valence-corrected chi connectivity index (χ1v) is 10.1. The maximum absolute atomic E-state index is 12.4. The van der Waals surface area contributed by atoms with E-state index in [9.17, 15) is 14.7 Å². The Balaban J connectivity index is 1.60. The number of rotatable bonds is 7. The average molecular weight is 499 g/mol. The van der Waals surface area contributed by atoms with Crippen LogP contribution in [-0.2, 0) is 0 Å². The van der Waals surface area contributed by atoms with Gasteiger partial charge in [-0.1, -0.05) is 15.9 Å². The van der Waals surface area contributed by atoms with Crippen LogP contribution in [0.3, 0.4) is 0 Å². The number of methoxy groups -OCH3 is 2. The second-order valence-corrected chi connectivity index (χ2v) is 7.30. The first-order valence-electron chi connectivity index (χ1n) is 9.27. The maximum atomic E-state index is 12.4. The molecule has 0 atom stereocenters. The molecular weight excluding hydrogens is 480 g/mol. The molecule has 0 aromatic heterocycles. The number of carbonyl (C=O) groups excluding carboxylic acids is 2. The van der Waals surface area contributed by atoms with E-state index in [1.807, 2.05) is 0 Å². The van der Waals surface area contributed by atoms with E-state index in [2.05, 4.69) is 26.5 Å². The highest BCUT2D eigenvalue weighted by molar-refractivity contribution is 9.10. The van der Waals surface area contributed by atoms with Gasteiger partial charge in [0, 0.05) is 4.47 Å². The summed E-state index contributed by atoms with van der Waals surface area (Å²) in [6.07, 6.45) is 1.42. The summed E-state index contributed by atoms with van der Waals surface area (Å²) in [5.41, 5.74) is 3.41. The highest BCUT2D eigenvalue weighted by Gasteiger charge is 2.13. The standard InChI is InChI=1S/C23H19BrN2O6/c1-30-20-10-5-15(11-21(20)31-2)23(29)32-17-7-3-14(4-8-17)13-25-26-22(28)18-12-16(24)6-9-19(18)27/h3-13,27H,1-2H3,(H,26,28)/b25-13+. The Morgan fingerprint density at radius 2 is 1.69 bits per heavy atom. The van der Waals surface area contributed by atoms with Crippen molar-refractivity contribution < 1.29 is 28.9 Å². The van der Waals surface area contributed by atoms with Gasteiger partial charge in [-0.05, 0) is 66.2 Å². The Morgan fingerprint density at radius 1 is 0.969 bits per heavy atom. The number of nitrogens with zero attached hydrogens (tertiary/aromatic N) is 1. The monoisotopic (exact) mass is 498 g/mol. The molecule has 0 radical (unpaired) electrons. The SMILES string of the molecule is COc1ccc(C(=O)Oc2ccc(/C=N/NC(=O)c3cc(Br)ccc3O)cc2)cc1OC. The fourth-order valence-electron chi connectivity index (χ4n) is 2.67. The van der Waals surface area contributed by atoms with Gasteiger partial charge in [-0.3, -0.25) is 4.79 Å². The smallest absolute Gasteiger partial charge is 0.343 e. The molecule has 3 aromatic rings. The lowest BCUT2D eigenvalue weighted by Gasteiger charge is -2.09. The Bertz CT molecular complexity index is 1160. The zero-order valence-electron chi connectivity index (χ0n) is 17.2. The van der Waals surface area contributed by atoms with Gasteiger partial charge >= 0.3 is 5.97 Å². The topological polar surface area (TPSA) is 106 Å². The number of ether oxygens (including phenoxy) is 3. The minimum atomic E-state index is -0.555. The molecule has 0 unspecified atom stereocenters. The number of phenolic OH excluding ortho intramolecular Hbond substituents is 1. The number of amides is 1. The third-order valence-corrected chi connectivity index (χ3v) is 4.79. The van der Waals surface area contributed by atoms with Crippen LogP contribution in [0.2, 0.25) is 0 Å². The summed E-state index contributed by atoms with van der Waals surface area (Å²) in [5, 5.41) is 13.7. The molecule has 9 heteroatoms. The fraction of sp³-hybridized carbons (Fsp3) is 0.0870. The third-order valence-electron chi connectivity index (χ3n) is 4.29. The Hall–Kier alpha value is -3.85. The van der Waals surface area contributed by atoms with Crippen molar-refractivity contribution in [3.05, 3.63) is 81.8 Å². The average Bonchev–Trinajstić information content (AvgIpc) is 2.81. The van der Waals surface area contributed by atoms with Crippen LogP contribution in [0, 0.1) is 0 Å². The highest BCUT2D eigenvalue weighted by Crippen LogP contribution is 2.28. The number of hydrazone groups is 1. The van der Waals surface area contributed by atoms with Crippen LogP contribution in [0.5, 0.6) is 23.0 Å². The Kier molecular flexibility index (Phi) is 7.45. The van der Waals surface area contributed by atoms with Gasteiger partial charge in [0.1, 0.15) is 11.5 Å². The van der Waals surface area contributed by atoms with Crippen LogP contribution < -0.4 is 19.6 Å². The zero-order chi connectivity index (χ0) is 23.1. The summed E-state index contributed by atoms with van der Waals surface area (Å²) in [6, 6.07) is 15.8. The molecule has 8 nitrogen and oxygen atoms in total. The van der Waals surface area contributed by atoms with E-state index in [4.69, 9.17) is 14.2 Å². The fourth-order valence-corrected chi connectivity index (χ4v) is 3.03. The molecule has 0 aliphatic heterocycles. The number of carbonyl (C=O) groups is 2. The first kappa shape index (κ1) is 22.8. The van der Waals surface area contributed by atoms with Crippen molar-refractivity contribution in [1.82, 2.24) is 5.43 Å². The first-order chi connectivity index (χ1) is 15.4. The summed E-state index contributed by atoms with van der Waals surface area (Å²) < 4.78 is 16.4. The number of phenols is 1. The van der Waals surface area contributed by atoms with Crippen molar-refractivity contribution in [1.29, 1.82) is 0 Å². The van der Waals surface area contributed by atoms with E-state index >= 15 is 0 Å². The van der Waals surface area contributed by atoms with Gasteiger partial charge in [0.2, 0.25) is 0 Å². The predicted molar refractivity (Wildman–Crippen MR) is 122 cm³/mol. The lowest BCUT2D eigenvalue weighted by atomic mass is 10.2. The molecule has 32 heavy (non-hydrogen) atoms. The molecule has 0 aliphatic rings. The molecule has 3 rings (SSSR count). The molecule has 2 N–H and O–H groups in total. The van der Waals surface area contributed by atoms with E-state index in [1.165, 1.54) is 38.6 Å². The highest BCUT2D eigenvalue weighted by atomic mass is 79.9. The van der Waals surface area contributed by atoms with Gasteiger partial charge in [0.05, 0.1) is 31.6 Å². The van der Waals surface area contributed by atoms with E-state index in [1.54, 1.807) is 42.5 Å². The van der Waals surface area contributed by atoms with Gasteiger partial charge in [0.25, 0.3) is 5.91 Å². The maximum Gasteiger partial charge on any atom is 0.343 e. The van der Waals surface area contributed by atoms with Crippen LogP contribution in [0.1, 0.15) is 26.3 Å². The van der Waals surface area contributed by atoms with Gasteiger partial charge in [0.15, 0.2) is 11.5 Å². The number of esters is 1. The van der Waals surface area contributed by atoms with Crippen LogP contribution in [0.25, 0.3) is 0 Å². The number of hydrogen-bond donors (Lipinski definition) is 2. The van der Waals surface area contributed by atoms with Crippen molar-refractivity contribution in [2.45, 2.75) is 0 Å². The van der Waals surface area contributed by atoms with E-state index in [0.717, 1.165) is 0 Å². The second-order valence-electron chi connectivity index (χ2n) is 6.39. The lowest BCUT2D eigenvalue weighted by molar-refractivity contribution is 0.0734. The number of nitrogens with one attached hydrogen (secondary N) is 1. The minimum Gasteiger partial charge on any atom is -0.507 e. The van der Waals surface area contributed by atoms with Crippen LogP contribution >= 0.6 is 15.9 Å². The number of halogens is 1. The quantitative estimate of drug-likeness (QED) is 0.219. The molecule has 0 saturated heterocycles. The van der Waals surface area contributed by atoms with E-state index in [0.29, 0.717) is 32.8 Å². The lowest BCUT2D eigenvalue weighted by Crippen LogP contribution is -2.17. The summed E-state index contributed by atoms with van der Waals surface area (Å²) >= 11 is 3.24. The van der Waals surface area contributed by atoms with Crippen molar-refractivity contribution >= 4 is 34.0 Å². The summed E-state index contributed by atoms with van der Waals surface area (Å²) in [6.45, 7) is 0. The molecule has 0 heterocycles. The van der Waals surface area contributed by atoms with Crippen LogP contribution in [0.4, 0.5) is 0 Å². The van der Waals surface area contributed by atoms with Gasteiger partial charge < -0.3 is 19.3 Å². The molecule has 0 spiro atoms. The molecule has 0 aliphatic carbocycles. The number of hydrogen-bond acceptors (Lipinski definition) is 7. The molecule has 1 amide bonds. The Labute approximate surface area is 192 Å². The van der Waals surface area contributed by atoms with Gasteiger partial charge in [-0.15, -0.1) is 0 Å². The summed E-state index contributed by atoms with van der Waals surface area (Å²) in [4.78, 5) is 24.5.